The first kappa shape index (κ1) is 12.7. The number of rotatable bonds is 1. The molecule has 1 heterocycles. The maximum Gasteiger partial charge on any atom is 0.0677 e. The molecule has 2 heteroatoms. The Bertz CT molecular complexity index is 256. The molecule has 0 spiro atoms. The van der Waals surface area contributed by atoms with Gasteiger partial charge in [0, 0.05) is 5.92 Å². The molecule has 0 aromatic carbocycles. The van der Waals surface area contributed by atoms with Gasteiger partial charge in [0.2, 0.25) is 0 Å². The van der Waals surface area contributed by atoms with E-state index in [1.165, 1.54) is 76.3 Å². The average Bonchev–Trinajstić information content (AvgIpc) is 2.83. The van der Waals surface area contributed by atoms with Crippen LogP contribution in [0.1, 0.15) is 70.6 Å². The van der Waals surface area contributed by atoms with Gasteiger partial charge in [-0.2, -0.15) is 10.5 Å². The van der Waals surface area contributed by atoms with Gasteiger partial charge in [-0.3, -0.25) is 0 Å². The molecule has 1 aliphatic heterocycles. The van der Waals surface area contributed by atoms with E-state index in [0.29, 0.717) is 5.92 Å². The minimum Gasteiger partial charge on any atom is -0.159 e. The van der Waals surface area contributed by atoms with E-state index in [1.54, 1.807) is 0 Å². The summed E-state index contributed by atoms with van der Waals surface area (Å²) in [6, 6.07) is 0. The lowest BCUT2D eigenvalue weighted by molar-refractivity contribution is 0.465. The molecule has 2 aliphatic rings. The Kier molecular flexibility index (Phi) is 5.60. The average molecular weight is 233 g/mol. The zero-order chi connectivity index (χ0) is 11.8. The van der Waals surface area contributed by atoms with E-state index in [9.17, 15) is 0 Å². The van der Waals surface area contributed by atoms with Crippen molar-refractivity contribution in [2.45, 2.75) is 70.6 Å². The lowest BCUT2D eigenvalue weighted by atomic mass is 9.89. The van der Waals surface area contributed by atoms with E-state index in [0.717, 1.165) is 0 Å². The molecule has 2 rings (SSSR count). The molecular weight excluding hydrogens is 208 g/mol. The first-order chi connectivity index (χ1) is 8.47. The molecule has 0 aromatic heterocycles. The van der Waals surface area contributed by atoms with Crippen molar-refractivity contribution in [2.75, 3.05) is 0 Å². The number of hydrogen-bond acceptors (Lipinski definition) is 1. The van der Waals surface area contributed by atoms with Crippen LogP contribution in [-0.4, -0.2) is 5.71 Å². The first-order valence-electron chi connectivity index (χ1n) is 7.41. The summed E-state index contributed by atoms with van der Waals surface area (Å²) < 4.78 is 0. The molecule has 1 fully saturated rings. The molecule has 0 atom stereocenters. The van der Waals surface area contributed by atoms with Crippen molar-refractivity contribution in [2.24, 2.45) is 11.0 Å². The molecule has 1 aliphatic carbocycles. The van der Waals surface area contributed by atoms with Crippen LogP contribution in [0.2, 0.25) is 0 Å². The second-order valence-corrected chi connectivity index (χ2v) is 5.41. The second-order valence-electron chi connectivity index (χ2n) is 5.41. The monoisotopic (exact) mass is 233 g/mol. The van der Waals surface area contributed by atoms with Gasteiger partial charge < -0.3 is 0 Å². The fraction of sp³-hybridized carbons (Fsp3) is 0.800. The maximum absolute atomic E-state index is 4.26. The summed E-state index contributed by atoms with van der Waals surface area (Å²) in [4.78, 5) is 0. The Morgan fingerprint density at radius 3 is 1.76 bits per heavy atom. The Hall–Kier alpha value is -0.790. The van der Waals surface area contributed by atoms with Crippen LogP contribution in [-0.2, 0) is 0 Å². The van der Waals surface area contributed by atoms with Gasteiger partial charge >= 0.3 is 0 Å². The summed E-state index contributed by atoms with van der Waals surface area (Å²) in [5, 5.41) is 4.26. The fourth-order valence-electron chi connectivity index (χ4n) is 2.92. The molecule has 1 radical (unpaired) electrons. The smallest absolute Gasteiger partial charge is 0.0677 e. The molecule has 0 N–H and O–H groups in total. The Balaban J connectivity index is 1.82. The minimum atomic E-state index is 0.678. The third-order valence-electron chi connectivity index (χ3n) is 4.01. The van der Waals surface area contributed by atoms with Gasteiger partial charge in [-0.1, -0.05) is 57.8 Å². The molecule has 17 heavy (non-hydrogen) atoms. The number of hydrogen-bond donors (Lipinski definition) is 0. The fourth-order valence-corrected chi connectivity index (χ4v) is 2.92. The third-order valence-corrected chi connectivity index (χ3v) is 4.01. The molecule has 1 saturated carbocycles. The highest BCUT2D eigenvalue weighted by Crippen LogP contribution is 2.23. The van der Waals surface area contributed by atoms with Crippen molar-refractivity contribution < 1.29 is 0 Å². The van der Waals surface area contributed by atoms with Gasteiger partial charge in [-0.25, -0.2) is 0 Å². The van der Waals surface area contributed by atoms with Crippen molar-refractivity contribution >= 4 is 5.71 Å². The summed E-state index contributed by atoms with van der Waals surface area (Å²) in [6.07, 6.45) is 19.3. The molecular formula is C15H25N2. The van der Waals surface area contributed by atoms with Gasteiger partial charge in [-0.15, -0.1) is 0 Å². The van der Waals surface area contributed by atoms with Crippen LogP contribution in [0.4, 0.5) is 0 Å². The van der Waals surface area contributed by atoms with Gasteiger partial charge in [0.1, 0.15) is 0 Å². The van der Waals surface area contributed by atoms with E-state index in [-0.39, 0.29) is 0 Å². The molecule has 0 saturated heterocycles. The van der Waals surface area contributed by atoms with E-state index in [1.807, 2.05) is 6.20 Å². The number of nitrogens with zero attached hydrogens (tertiary/aromatic N) is 2. The van der Waals surface area contributed by atoms with Gasteiger partial charge in [0.25, 0.3) is 0 Å². The highest BCUT2D eigenvalue weighted by Gasteiger charge is 2.16. The van der Waals surface area contributed by atoms with Crippen LogP contribution < -0.4 is 5.43 Å². The Labute approximate surface area is 106 Å². The highest BCUT2D eigenvalue weighted by atomic mass is 15.3. The summed E-state index contributed by atoms with van der Waals surface area (Å²) in [5.74, 6) is 0.678. The van der Waals surface area contributed by atoms with Crippen LogP contribution in [0.5, 0.6) is 0 Å². The summed E-state index contributed by atoms with van der Waals surface area (Å²) >= 11 is 0. The quantitative estimate of drug-likeness (QED) is 0.642. The molecule has 0 unspecified atom stereocenters. The van der Waals surface area contributed by atoms with Crippen molar-refractivity contribution in [1.29, 1.82) is 0 Å². The standard InChI is InChI=1S/C15H25N2/c1-2-4-6-8-10-14(11-9-7-5-3-1)15-12-13-16-17-15/h12-14H,1-11H2. The van der Waals surface area contributed by atoms with E-state index in [2.05, 4.69) is 16.6 Å². The molecule has 0 aromatic rings. The van der Waals surface area contributed by atoms with Crippen molar-refractivity contribution in [1.82, 2.24) is 5.43 Å². The second kappa shape index (κ2) is 7.52. The lowest BCUT2D eigenvalue weighted by Gasteiger charge is -2.16. The largest absolute Gasteiger partial charge is 0.159 e. The van der Waals surface area contributed by atoms with Gasteiger partial charge in [0.15, 0.2) is 0 Å². The van der Waals surface area contributed by atoms with Crippen LogP contribution >= 0.6 is 0 Å². The van der Waals surface area contributed by atoms with Gasteiger partial charge in [0.05, 0.1) is 11.9 Å². The first-order valence-corrected chi connectivity index (χ1v) is 7.41. The van der Waals surface area contributed by atoms with Gasteiger partial charge in [-0.05, 0) is 18.9 Å². The van der Waals surface area contributed by atoms with Crippen LogP contribution in [0.3, 0.4) is 0 Å². The SMILES string of the molecule is C1=CC(C2CCCCCCCCCCC2)=N[N]1. The molecule has 95 valence electrons. The lowest BCUT2D eigenvalue weighted by Crippen LogP contribution is -2.12. The zero-order valence-electron chi connectivity index (χ0n) is 10.9. The maximum atomic E-state index is 4.26. The summed E-state index contributed by atoms with van der Waals surface area (Å²) in [7, 11) is 0. The Morgan fingerprint density at radius 1 is 0.765 bits per heavy atom. The van der Waals surface area contributed by atoms with Crippen LogP contribution in [0.25, 0.3) is 0 Å². The summed E-state index contributed by atoms with van der Waals surface area (Å²) in [6.45, 7) is 0. The summed E-state index contributed by atoms with van der Waals surface area (Å²) in [5.41, 5.74) is 5.21. The van der Waals surface area contributed by atoms with Crippen LogP contribution in [0, 0.1) is 5.92 Å². The van der Waals surface area contributed by atoms with E-state index >= 15 is 0 Å². The van der Waals surface area contributed by atoms with E-state index < -0.39 is 0 Å². The molecule has 2 nitrogen and oxygen atoms in total. The third kappa shape index (κ3) is 4.53. The normalized spacial score (nSPS) is 24.6. The van der Waals surface area contributed by atoms with E-state index in [4.69, 9.17) is 0 Å². The Morgan fingerprint density at radius 2 is 1.29 bits per heavy atom. The zero-order valence-corrected chi connectivity index (χ0v) is 10.9. The minimum absolute atomic E-state index is 0.678. The van der Waals surface area contributed by atoms with Crippen molar-refractivity contribution in [3.8, 4) is 0 Å². The topological polar surface area (TPSA) is 26.5 Å². The predicted molar refractivity (Wildman–Crippen MR) is 73.0 cm³/mol. The molecule has 0 bridgehead atoms. The van der Waals surface area contributed by atoms with Crippen LogP contribution in [0.15, 0.2) is 17.4 Å². The number of allylic oxidation sites excluding steroid dienone is 1. The molecule has 0 amide bonds. The van der Waals surface area contributed by atoms with Crippen molar-refractivity contribution in [3.05, 3.63) is 12.3 Å². The van der Waals surface area contributed by atoms with Crippen molar-refractivity contribution in [3.63, 3.8) is 0 Å². The highest BCUT2D eigenvalue weighted by molar-refractivity contribution is 5.97. The predicted octanol–water partition coefficient (Wildman–Crippen LogP) is 4.40.